The van der Waals surface area contributed by atoms with E-state index >= 15 is 0 Å². The molecule has 0 fully saturated rings. The average molecular weight is 215 g/mol. The van der Waals surface area contributed by atoms with Crippen LogP contribution in [0.25, 0.3) is 0 Å². The molecular formula is C11H25N3O. The Kier molecular flexibility index (Phi) is 7.13. The van der Waals surface area contributed by atoms with Gasteiger partial charge in [-0.25, -0.2) is 0 Å². The first kappa shape index (κ1) is 14.2. The van der Waals surface area contributed by atoms with Crippen molar-refractivity contribution in [3.8, 4) is 0 Å². The van der Waals surface area contributed by atoms with E-state index in [1.807, 2.05) is 6.92 Å². The summed E-state index contributed by atoms with van der Waals surface area (Å²) in [7, 11) is 0. The zero-order chi connectivity index (χ0) is 11.7. The molecule has 0 saturated heterocycles. The van der Waals surface area contributed by atoms with Crippen molar-refractivity contribution in [2.24, 2.45) is 4.99 Å². The summed E-state index contributed by atoms with van der Waals surface area (Å²) in [6.45, 7) is 13.4. The zero-order valence-electron chi connectivity index (χ0n) is 10.7. The summed E-state index contributed by atoms with van der Waals surface area (Å²) in [4.78, 5) is 4.41. The predicted molar refractivity (Wildman–Crippen MR) is 65.4 cm³/mol. The molecule has 2 N–H and O–H groups in total. The second kappa shape index (κ2) is 7.51. The van der Waals surface area contributed by atoms with E-state index in [4.69, 9.17) is 4.74 Å². The van der Waals surface area contributed by atoms with Crippen LogP contribution in [0.5, 0.6) is 0 Å². The van der Waals surface area contributed by atoms with Gasteiger partial charge in [-0.1, -0.05) is 0 Å². The molecule has 0 aliphatic carbocycles. The first-order valence-corrected chi connectivity index (χ1v) is 5.63. The molecule has 0 spiro atoms. The third-order valence-corrected chi connectivity index (χ3v) is 1.55. The normalized spacial score (nSPS) is 12.7. The molecule has 4 nitrogen and oxygen atoms in total. The van der Waals surface area contributed by atoms with E-state index in [2.05, 4.69) is 43.3 Å². The van der Waals surface area contributed by atoms with Crippen LogP contribution < -0.4 is 10.6 Å². The van der Waals surface area contributed by atoms with E-state index in [0.717, 1.165) is 19.1 Å². The van der Waals surface area contributed by atoms with Gasteiger partial charge in [0.05, 0.1) is 13.2 Å². The molecule has 0 aromatic carbocycles. The van der Waals surface area contributed by atoms with Gasteiger partial charge in [0.15, 0.2) is 5.96 Å². The van der Waals surface area contributed by atoms with Crippen molar-refractivity contribution in [2.45, 2.75) is 40.2 Å². The molecule has 0 heterocycles. The van der Waals surface area contributed by atoms with Gasteiger partial charge in [-0.3, -0.25) is 4.99 Å². The van der Waals surface area contributed by atoms with Crippen LogP contribution in [0.2, 0.25) is 0 Å². The molecule has 0 bridgehead atoms. The Morgan fingerprint density at radius 3 is 2.40 bits per heavy atom. The van der Waals surface area contributed by atoms with E-state index < -0.39 is 0 Å². The third-order valence-electron chi connectivity index (χ3n) is 1.55. The van der Waals surface area contributed by atoms with Crippen molar-refractivity contribution in [1.29, 1.82) is 0 Å². The first-order chi connectivity index (χ1) is 6.99. The molecular weight excluding hydrogens is 190 g/mol. The van der Waals surface area contributed by atoms with Crippen molar-refractivity contribution < 1.29 is 4.74 Å². The molecule has 0 aromatic heterocycles. The molecule has 0 saturated carbocycles. The molecule has 0 atom stereocenters. The lowest BCUT2D eigenvalue weighted by atomic mass is 10.1. The number of hydrogen-bond donors (Lipinski definition) is 2. The molecule has 0 rings (SSSR count). The van der Waals surface area contributed by atoms with Crippen LogP contribution in [-0.4, -0.2) is 37.8 Å². The highest BCUT2D eigenvalue weighted by atomic mass is 16.5. The Morgan fingerprint density at radius 2 is 1.93 bits per heavy atom. The molecule has 0 unspecified atom stereocenters. The Bertz CT molecular complexity index is 185. The fourth-order valence-corrected chi connectivity index (χ4v) is 1.03. The fourth-order valence-electron chi connectivity index (χ4n) is 1.03. The zero-order valence-corrected chi connectivity index (χ0v) is 10.7. The van der Waals surface area contributed by atoms with Gasteiger partial charge in [0, 0.05) is 18.7 Å². The second-order valence-electron chi connectivity index (χ2n) is 4.33. The highest BCUT2D eigenvalue weighted by Gasteiger charge is 2.10. The van der Waals surface area contributed by atoms with Crippen molar-refractivity contribution in [2.75, 3.05) is 26.3 Å². The van der Waals surface area contributed by atoms with Crippen molar-refractivity contribution in [1.82, 2.24) is 10.6 Å². The summed E-state index contributed by atoms with van der Waals surface area (Å²) in [6.07, 6.45) is 0. The monoisotopic (exact) mass is 215 g/mol. The smallest absolute Gasteiger partial charge is 0.191 e. The fraction of sp³-hybridized carbons (Fsp3) is 0.909. The topological polar surface area (TPSA) is 45.7 Å². The second-order valence-corrected chi connectivity index (χ2v) is 4.33. The Balaban J connectivity index is 4.01. The van der Waals surface area contributed by atoms with Gasteiger partial charge < -0.3 is 15.4 Å². The molecule has 4 heteroatoms. The van der Waals surface area contributed by atoms with E-state index in [9.17, 15) is 0 Å². The van der Waals surface area contributed by atoms with Crippen molar-refractivity contribution in [3.05, 3.63) is 0 Å². The van der Waals surface area contributed by atoms with Crippen LogP contribution in [0, 0.1) is 0 Å². The lowest BCUT2D eigenvalue weighted by Crippen LogP contribution is -2.47. The van der Waals surface area contributed by atoms with Gasteiger partial charge in [-0.2, -0.15) is 0 Å². The average Bonchev–Trinajstić information content (AvgIpc) is 2.10. The van der Waals surface area contributed by atoms with Gasteiger partial charge in [0.25, 0.3) is 0 Å². The van der Waals surface area contributed by atoms with Crippen LogP contribution in [0.4, 0.5) is 0 Å². The summed E-state index contributed by atoms with van der Waals surface area (Å²) in [5, 5.41) is 6.52. The molecule has 15 heavy (non-hydrogen) atoms. The summed E-state index contributed by atoms with van der Waals surface area (Å²) in [5.41, 5.74) is 0.0343. The van der Waals surface area contributed by atoms with E-state index in [1.54, 1.807) is 0 Å². The van der Waals surface area contributed by atoms with E-state index in [1.165, 1.54) is 0 Å². The minimum atomic E-state index is 0.0343. The molecule has 0 aliphatic heterocycles. The van der Waals surface area contributed by atoms with Crippen molar-refractivity contribution in [3.63, 3.8) is 0 Å². The standard InChI is InChI=1S/C11H25N3O/c1-6-12-10(14-11(3,4)5)13-8-9-15-7-2/h6-9H2,1-5H3,(H2,12,13,14). The van der Waals surface area contributed by atoms with Crippen LogP contribution in [0.3, 0.4) is 0 Å². The molecule has 0 radical (unpaired) electrons. The molecule has 0 aliphatic rings. The summed E-state index contributed by atoms with van der Waals surface area (Å²) in [6, 6.07) is 0. The number of nitrogens with zero attached hydrogens (tertiary/aromatic N) is 1. The summed E-state index contributed by atoms with van der Waals surface area (Å²) in [5.74, 6) is 0.852. The Labute approximate surface area is 93.5 Å². The highest BCUT2D eigenvalue weighted by molar-refractivity contribution is 5.80. The SMILES string of the molecule is CCNC(=NCCOCC)NC(C)(C)C. The van der Waals surface area contributed by atoms with Gasteiger partial charge in [0.2, 0.25) is 0 Å². The largest absolute Gasteiger partial charge is 0.380 e. The van der Waals surface area contributed by atoms with Crippen LogP contribution in [-0.2, 0) is 4.74 Å². The highest BCUT2D eigenvalue weighted by Crippen LogP contribution is 1.97. The van der Waals surface area contributed by atoms with E-state index in [-0.39, 0.29) is 5.54 Å². The van der Waals surface area contributed by atoms with Crippen LogP contribution in [0.1, 0.15) is 34.6 Å². The van der Waals surface area contributed by atoms with Crippen LogP contribution >= 0.6 is 0 Å². The number of nitrogens with one attached hydrogen (secondary N) is 2. The Morgan fingerprint density at radius 1 is 1.27 bits per heavy atom. The Hall–Kier alpha value is -0.770. The molecule has 0 amide bonds. The number of ether oxygens (including phenoxy) is 1. The lowest BCUT2D eigenvalue weighted by molar-refractivity contribution is 0.155. The number of aliphatic imine (C=N–C) groups is 1. The maximum absolute atomic E-state index is 5.23. The van der Waals surface area contributed by atoms with Gasteiger partial charge in [-0.05, 0) is 34.6 Å². The summed E-state index contributed by atoms with van der Waals surface area (Å²) >= 11 is 0. The minimum absolute atomic E-state index is 0.0343. The molecule has 0 aromatic rings. The predicted octanol–water partition coefficient (Wildman–Crippen LogP) is 1.38. The molecule has 90 valence electrons. The minimum Gasteiger partial charge on any atom is -0.380 e. The van der Waals surface area contributed by atoms with Crippen molar-refractivity contribution >= 4 is 5.96 Å². The summed E-state index contributed by atoms with van der Waals surface area (Å²) < 4.78 is 5.23. The van der Waals surface area contributed by atoms with E-state index in [0.29, 0.717) is 13.2 Å². The quantitative estimate of drug-likeness (QED) is 0.414. The maximum atomic E-state index is 5.23. The lowest BCUT2D eigenvalue weighted by Gasteiger charge is -2.23. The van der Waals surface area contributed by atoms with Gasteiger partial charge in [-0.15, -0.1) is 0 Å². The number of guanidine groups is 1. The maximum Gasteiger partial charge on any atom is 0.191 e. The third kappa shape index (κ3) is 9.53. The van der Waals surface area contributed by atoms with Gasteiger partial charge in [0.1, 0.15) is 0 Å². The van der Waals surface area contributed by atoms with Crippen LogP contribution in [0.15, 0.2) is 4.99 Å². The number of rotatable bonds is 5. The number of hydrogen-bond acceptors (Lipinski definition) is 2. The first-order valence-electron chi connectivity index (χ1n) is 5.63. The van der Waals surface area contributed by atoms with Gasteiger partial charge >= 0.3 is 0 Å².